The van der Waals surface area contributed by atoms with Crippen molar-refractivity contribution in [3.05, 3.63) is 35.1 Å². The van der Waals surface area contributed by atoms with E-state index in [-0.39, 0.29) is 5.56 Å². The monoisotopic (exact) mass is 219 g/mol. The Morgan fingerprint density at radius 3 is 2.81 bits per heavy atom. The van der Waals surface area contributed by atoms with Crippen LogP contribution < -0.4 is 0 Å². The average molecular weight is 219 g/mol. The van der Waals surface area contributed by atoms with Gasteiger partial charge in [-0.2, -0.15) is 5.26 Å². The van der Waals surface area contributed by atoms with Crippen molar-refractivity contribution < 1.29 is 9.13 Å². The van der Waals surface area contributed by atoms with E-state index >= 15 is 0 Å². The molecule has 0 saturated heterocycles. The van der Waals surface area contributed by atoms with Gasteiger partial charge in [-0.05, 0) is 30.5 Å². The fourth-order valence-corrected chi connectivity index (χ4v) is 2.02. The normalized spacial score (nSPS) is 16.2. The summed E-state index contributed by atoms with van der Waals surface area (Å²) in [5.74, 6) is -0.466. The van der Waals surface area contributed by atoms with Gasteiger partial charge in [0.05, 0.1) is 18.3 Å². The zero-order chi connectivity index (χ0) is 11.4. The number of benzene rings is 1. The summed E-state index contributed by atoms with van der Waals surface area (Å²) in [5.41, 5.74) is 0.956. The summed E-state index contributed by atoms with van der Waals surface area (Å²) in [7, 11) is 0. The van der Waals surface area contributed by atoms with Crippen LogP contribution in [0.2, 0.25) is 0 Å². The van der Waals surface area contributed by atoms with Gasteiger partial charge in [0.25, 0.3) is 0 Å². The van der Waals surface area contributed by atoms with Gasteiger partial charge < -0.3 is 4.74 Å². The lowest BCUT2D eigenvalue weighted by Crippen LogP contribution is -2.07. The van der Waals surface area contributed by atoms with Crippen LogP contribution >= 0.6 is 0 Å². The number of hydrogen-bond donors (Lipinski definition) is 0. The lowest BCUT2D eigenvalue weighted by Gasteiger charge is -2.11. The molecule has 0 N–H and O–H groups in total. The molecule has 0 amide bonds. The molecular weight excluding hydrogens is 205 g/mol. The van der Waals surface area contributed by atoms with Crippen LogP contribution in [0.15, 0.2) is 18.2 Å². The molecule has 1 aliphatic rings. The summed E-state index contributed by atoms with van der Waals surface area (Å²) in [6.45, 7) is 0.472. The van der Waals surface area contributed by atoms with Gasteiger partial charge >= 0.3 is 0 Å². The number of nitriles is 1. The van der Waals surface area contributed by atoms with Crippen molar-refractivity contribution in [2.45, 2.75) is 38.4 Å². The zero-order valence-electron chi connectivity index (χ0n) is 9.08. The number of halogens is 1. The fraction of sp³-hybridized carbons (Fsp3) is 0.462. The molecule has 0 spiro atoms. The second kappa shape index (κ2) is 5.09. The predicted molar refractivity (Wildman–Crippen MR) is 58.2 cm³/mol. The van der Waals surface area contributed by atoms with Crippen LogP contribution in [0, 0.1) is 17.1 Å². The van der Waals surface area contributed by atoms with Gasteiger partial charge in [-0.25, -0.2) is 4.39 Å². The minimum Gasteiger partial charge on any atom is -0.374 e. The Bertz CT molecular complexity index is 405. The van der Waals surface area contributed by atoms with Crippen molar-refractivity contribution in [2.75, 3.05) is 0 Å². The molecule has 1 fully saturated rings. The largest absolute Gasteiger partial charge is 0.374 e. The van der Waals surface area contributed by atoms with Crippen LogP contribution in [0.3, 0.4) is 0 Å². The minimum atomic E-state index is -0.466. The molecule has 0 aromatic heterocycles. The number of ether oxygens (including phenoxy) is 1. The molecule has 16 heavy (non-hydrogen) atoms. The Morgan fingerprint density at radius 1 is 1.38 bits per heavy atom. The van der Waals surface area contributed by atoms with Crippen molar-refractivity contribution in [3.63, 3.8) is 0 Å². The SMILES string of the molecule is N#Cc1cc(COC2CCCC2)ccc1F. The minimum absolute atomic E-state index is 0.0903. The highest BCUT2D eigenvalue weighted by Crippen LogP contribution is 2.22. The van der Waals surface area contributed by atoms with Gasteiger partial charge in [0.15, 0.2) is 0 Å². The Hall–Kier alpha value is -1.40. The molecule has 1 aromatic rings. The molecule has 0 heterocycles. The van der Waals surface area contributed by atoms with Crippen molar-refractivity contribution in [3.8, 4) is 6.07 Å². The molecule has 3 heteroatoms. The zero-order valence-corrected chi connectivity index (χ0v) is 9.08. The van der Waals surface area contributed by atoms with E-state index in [0.29, 0.717) is 12.7 Å². The molecule has 1 aromatic carbocycles. The van der Waals surface area contributed by atoms with E-state index in [1.165, 1.54) is 18.9 Å². The Labute approximate surface area is 94.7 Å². The highest BCUT2D eigenvalue weighted by atomic mass is 19.1. The summed E-state index contributed by atoms with van der Waals surface area (Å²) in [4.78, 5) is 0. The molecule has 0 radical (unpaired) electrons. The Balaban J connectivity index is 1.96. The van der Waals surface area contributed by atoms with Gasteiger partial charge in [-0.3, -0.25) is 0 Å². The second-order valence-electron chi connectivity index (χ2n) is 4.14. The maximum Gasteiger partial charge on any atom is 0.140 e. The topological polar surface area (TPSA) is 33.0 Å². The van der Waals surface area contributed by atoms with E-state index in [2.05, 4.69) is 0 Å². The van der Waals surface area contributed by atoms with E-state index in [1.807, 2.05) is 6.07 Å². The third-order valence-electron chi connectivity index (χ3n) is 2.94. The predicted octanol–water partition coefficient (Wildman–Crippen LogP) is 3.16. The summed E-state index contributed by atoms with van der Waals surface area (Å²) < 4.78 is 18.7. The second-order valence-corrected chi connectivity index (χ2v) is 4.14. The standard InChI is InChI=1S/C13H14FNO/c14-13-6-5-10(7-11(13)8-15)9-16-12-3-1-2-4-12/h5-7,12H,1-4,9H2. The first-order valence-corrected chi connectivity index (χ1v) is 5.60. The van der Waals surface area contributed by atoms with Crippen LogP contribution in [0.25, 0.3) is 0 Å². The summed E-state index contributed by atoms with van der Waals surface area (Å²) in [6, 6.07) is 6.39. The van der Waals surface area contributed by atoms with Gasteiger partial charge in [0, 0.05) is 0 Å². The summed E-state index contributed by atoms with van der Waals surface area (Å²) in [6.07, 6.45) is 5.05. The summed E-state index contributed by atoms with van der Waals surface area (Å²) >= 11 is 0. The fourth-order valence-electron chi connectivity index (χ4n) is 2.02. The molecule has 2 nitrogen and oxygen atoms in total. The summed E-state index contributed by atoms with van der Waals surface area (Å²) in [5, 5.41) is 8.69. The van der Waals surface area contributed by atoms with Crippen LogP contribution in [-0.4, -0.2) is 6.10 Å². The lowest BCUT2D eigenvalue weighted by atomic mass is 10.1. The van der Waals surface area contributed by atoms with Crippen molar-refractivity contribution >= 4 is 0 Å². The van der Waals surface area contributed by atoms with E-state index < -0.39 is 5.82 Å². The van der Waals surface area contributed by atoms with E-state index in [1.54, 1.807) is 12.1 Å². The molecule has 1 aliphatic carbocycles. The molecule has 1 saturated carbocycles. The van der Waals surface area contributed by atoms with Crippen LogP contribution in [-0.2, 0) is 11.3 Å². The highest BCUT2D eigenvalue weighted by molar-refractivity contribution is 5.34. The van der Waals surface area contributed by atoms with Crippen LogP contribution in [0.1, 0.15) is 36.8 Å². The third-order valence-corrected chi connectivity index (χ3v) is 2.94. The van der Waals surface area contributed by atoms with Gasteiger partial charge in [0.2, 0.25) is 0 Å². The molecule has 0 bridgehead atoms. The van der Waals surface area contributed by atoms with E-state index in [9.17, 15) is 4.39 Å². The van der Waals surface area contributed by atoms with E-state index in [0.717, 1.165) is 18.4 Å². The Kier molecular flexibility index (Phi) is 3.53. The van der Waals surface area contributed by atoms with E-state index in [4.69, 9.17) is 10.00 Å². The number of rotatable bonds is 3. The quantitative estimate of drug-likeness (QED) is 0.782. The van der Waals surface area contributed by atoms with Gasteiger partial charge in [-0.1, -0.05) is 18.9 Å². The highest BCUT2D eigenvalue weighted by Gasteiger charge is 2.15. The molecule has 0 atom stereocenters. The average Bonchev–Trinajstić information content (AvgIpc) is 2.81. The Morgan fingerprint density at radius 2 is 2.12 bits per heavy atom. The van der Waals surface area contributed by atoms with Gasteiger partial charge in [-0.15, -0.1) is 0 Å². The molecular formula is C13H14FNO. The first kappa shape index (κ1) is 11.1. The first-order chi connectivity index (χ1) is 7.79. The van der Waals surface area contributed by atoms with Crippen LogP contribution in [0.4, 0.5) is 4.39 Å². The maximum atomic E-state index is 13.0. The third kappa shape index (κ3) is 2.59. The van der Waals surface area contributed by atoms with Gasteiger partial charge in [0.1, 0.15) is 11.9 Å². The van der Waals surface area contributed by atoms with Crippen LogP contribution in [0.5, 0.6) is 0 Å². The van der Waals surface area contributed by atoms with Crippen molar-refractivity contribution in [2.24, 2.45) is 0 Å². The maximum absolute atomic E-state index is 13.0. The van der Waals surface area contributed by atoms with Crippen molar-refractivity contribution in [1.29, 1.82) is 5.26 Å². The molecule has 0 unspecified atom stereocenters. The van der Waals surface area contributed by atoms with Crippen molar-refractivity contribution in [1.82, 2.24) is 0 Å². The molecule has 0 aliphatic heterocycles. The smallest absolute Gasteiger partial charge is 0.140 e. The lowest BCUT2D eigenvalue weighted by molar-refractivity contribution is 0.0456. The number of hydrogen-bond acceptors (Lipinski definition) is 2. The molecule has 2 rings (SSSR count). The molecule has 84 valence electrons. The number of nitrogens with zero attached hydrogens (tertiary/aromatic N) is 1. The first-order valence-electron chi connectivity index (χ1n) is 5.60.